The zero-order valence-electron chi connectivity index (χ0n) is 67.5. The molecule has 0 unspecified atom stereocenters. The Morgan fingerprint density at radius 2 is 0.633 bits per heavy atom. The van der Waals surface area contributed by atoms with Crippen LogP contribution in [0.25, 0.3) is 0 Å². The molecule has 0 radical (unpaired) electrons. The molecule has 0 amide bonds. The predicted molar refractivity (Wildman–Crippen MR) is 416 cm³/mol. The van der Waals surface area contributed by atoms with Crippen LogP contribution in [0.1, 0.15) is 84.5 Å². The van der Waals surface area contributed by atoms with Gasteiger partial charge in [-0.25, -0.2) is 48.3 Å². The number of nitro benzene ring substituents is 2. The molecule has 3 aliphatic rings. The predicted octanol–water partition coefficient (Wildman–Crippen LogP) is 15.1. The van der Waals surface area contributed by atoms with Crippen molar-refractivity contribution in [3.63, 3.8) is 0 Å². The van der Waals surface area contributed by atoms with Crippen LogP contribution in [0, 0.1) is 84.2 Å². The van der Waals surface area contributed by atoms with Crippen LogP contribution in [0.4, 0.5) is 65.4 Å². The van der Waals surface area contributed by atoms with Crippen LogP contribution >= 0.6 is 31.8 Å². The van der Waals surface area contributed by atoms with Gasteiger partial charge in [-0.3, -0.25) is 25.0 Å². The van der Waals surface area contributed by atoms with E-state index >= 15 is 0 Å². The summed E-state index contributed by atoms with van der Waals surface area (Å²) in [6, 6.07) is 44.4. The van der Waals surface area contributed by atoms with Crippen molar-refractivity contribution in [1.82, 2.24) is 0 Å². The molecule has 3 fully saturated rings. The molecule has 10 aromatic rings. The van der Waals surface area contributed by atoms with Gasteiger partial charge in [-0.2, -0.15) is 0 Å². The number of anilines is 1. The Morgan fingerprint density at radius 3 is 0.892 bits per heavy atom. The number of nitrogens with zero attached hydrogens (tertiary/aromatic N) is 2. The van der Waals surface area contributed by atoms with Crippen molar-refractivity contribution in [3.05, 3.63) is 302 Å². The number of hydrogen-bond acceptors (Lipinski definition) is 19. The summed E-state index contributed by atoms with van der Waals surface area (Å²) in [6.07, 6.45) is 0. The summed E-state index contributed by atoms with van der Waals surface area (Å²) in [6.45, 7) is 24.0. The van der Waals surface area contributed by atoms with Crippen molar-refractivity contribution in [1.29, 1.82) is 0 Å². The van der Waals surface area contributed by atoms with Crippen LogP contribution in [-0.4, -0.2) is 76.2 Å². The van der Waals surface area contributed by atoms with Gasteiger partial charge in [0.05, 0.1) is 43.5 Å². The quantitative estimate of drug-likeness (QED) is 0.0206. The zero-order valence-corrected chi connectivity index (χ0v) is 82.2. The number of benzene rings is 10. The van der Waals surface area contributed by atoms with Crippen LogP contribution in [0.15, 0.2) is 212 Å². The second-order valence-electron chi connectivity index (χ2n) is 27.5. The largest absolute Gasteiger partial charge is 1.00 e. The van der Waals surface area contributed by atoms with Gasteiger partial charge in [0.25, 0.3) is 17.8 Å². The number of carbonyl (C=O) groups excluding carboxylic acids is 1. The maximum atomic E-state index is 13.6. The van der Waals surface area contributed by atoms with E-state index < -0.39 is 112 Å². The van der Waals surface area contributed by atoms with Gasteiger partial charge in [-0.05, 0) is 234 Å². The molecule has 3 aliphatic heterocycles. The van der Waals surface area contributed by atoms with Gasteiger partial charge in [0.2, 0.25) is 0 Å². The third-order valence-electron chi connectivity index (χ3n) is 17.4. The third-order valence-corrected chi connectivity index (χ3v) is 17.6. The summed E-state index contributed by atoms with van der Waals surface area (Å²) in [4.78, 5) is 30.5. The number of hydrogen-bond donors (Lipinski definition) is 2. The van der Waals surface area contributed by atoms with Crippen molar-refractivity contribution in [2.24, 2.45) is 0 Å². The van der Waals surface area contributed by atoms with Crippen molar-refractivity contribution < 1.29 is 277 Å². The fourth-order valence-electron chi connectivity index (χ4n) is 9.13. The van der Waals surface area contributed by atoms with Crippen molar-refractivity contribution >= 4 is 81.9 Å². The smallest absolute Gasteiger partial charge is 1.00 e. The van der Waals surface area contributed by atoms with Crippen molar-refractivity contribution in [3.8, 4) is 51.7 Å². The van der Waals surface area contributed by atoms with E-state index in [1.54, 1.807) is 72.8 Å². The van der Waals surface area contributed by atoms with E-state index in [1.807, 2.05) is 83.1 Å². The number of ether oxygens (including phenoxy) is 4. The SMILES string of the molecule is CC1(C)OB(B2OC(C)(C)C(C)(C)O2)OC1(C)C.CC1(C)OB(c2ccc(Oc3ccc(F)cc3F)cc2)OC1(C)C.Fc1ccc(Oc2ccc(Cl)cc2)c(F)c1.Nc1ccc(Oc2ccc(F)cc2F)cc1.O=CO[O-].O=[N+]([O-])c1ccc(F)cc1.O=[N+]([O-])c1ccc(Oc2ccc(F)cc2F)cc1.Oc1ccc(F)cc1F.[Cl][Cu][Cl].[Cs+].[Cs+].[H-]. The molecule has 0 atom stereocenters. The van der Waals surface area contributed by atoms with Gasteiger partial charge in [0, 0.05) is 65.3 Å². The van der Waals surface area contributed by atoms with Crippen LogP contribution in [0.5, 0.6) is 51.7 Å². The van der Waals surface area contributed by atoms with Gasteiger partial charge in [-0.1, -0.05) is 23.7 Å². The number of carbonyl (C=O) groups is 1. The Hall–Kier alpha value is -6.09. The molecule has 0 bridgehead atoms. The van der Waals surface area contributed by atoms with E-state index in [1.165, 1.54) is 42.5 Å². The number of non-ortho nitro benzene ring substituents is 2. The molecule has 3 saturated heterocycles. The Labute approximate surface area is 824 Å². The third kappa shape index (κ3) is 34.8. The maximum absolute atomic E-state index is 13.6. The molecule has 120 heavy (non-hydrogen) atoms. The maximum Gasteiger partial charge on any atom is 1.00 e. The van der Waals surface area contributed by atoms with E-state index in [2.05, 4.69) is 25.1 Å². The first kappa shape index (κ1) is 108. The molecule has 0 aliphatic carbocycles. The number of nitrogen functional groups attached to an aromatic ring is 1. The molecule has 0 spiro atoms. The monoisotopic (exact) mass is 2030 g/mol. The van der Waals surface area contributed by atoms with E-state index in [0.717, 1.165) is 104 Å². The summed E-state index contributed by atoms with van der Waals surface area (Å²) in [5, 5.41) is 37.9. The first-order chi connectivity index (χ1) is 55.1. The molecule has 41 heteroatoms. The van der Waals surface area contributed by atoms with Crippen molar-refractivity contribution in [2.75, 3.05) is 5.73 Å². The number of nitro groups is 2. The van der Waals surface area contributed by atoms with Gasteiger partial charge in [-0.15, -0.1) is 0 Å². The average Bonchev–Trinajstić information content (AvgIpc) is 1.60. The Kier molecular flexibility index (Phi) is 45.2. The number of phenolic OH excluding ortho intramolecular Hbond substituents is 1. The second-order valence-corrected chi connectivity index (χ2v) is 29.4. The number of halogens is 14. The van der Waals surface area contributed by atoms with Gasteiger partial charge in [0.15, 0.2) is 57.8 Å². The van der Waals surface area contributed by atoms with E-state index in [0.29, 0.717) is 40.1 Å². The summed E-state index contributed by atoms with van der Waals surface area (Å²) in [5.74, 6) is -6.98. The fraction of sp³-hybridized carbons (Fsp3) is 0.228. The van der Waals surface area contributed by atoms with Gasteiger partial charge >= 0.3 is 192 Å². The minimum atomic E-state index is -0.935. The van der Waals surface area contributed by atoms with Crippen LogP contribution < -0.4 is 173 Å². The van der Waals surface area contributed by atoms with Gasteiger partial charge in [0.1, 0.15) is 57.9 Å². The molecular weight excluding hydrogens is 1960 g/mol. The molecule has 21 nitrogen and oxygen atoms in total. The number of nitrogens with two attached hydrogens (primary N) is 1. The molecule has 3 N–H and O–H groups in total. The van der Waals surface area contributed by atoms with Gasteiger partial charge < -0.3 is 69.3 Å². The Balaban J connectivity index is 0.000000477. The summed E-state index contributed by atoms with van der Waals surface area (Å²) >= 11 is 6.44. The number of phenols is 1. The van der Waals surface area contributed by atoms with E-state index in [4.69, 9.17) is 79.4 Å². The minimum absolute atomic E-state index is 0. The fourth-order valence-corrected chi connectivity index (χ4v) is 9.26. The molecule has 0 saturated carbocycles. The normalized spacial score (nSPS) is 14.6. The van der Waals surface area contributed by atoms with Crippen LogP contribution in [0.3, 0.4) is 0 Å². The van der Waals surface area contributed by atoms with Crippen molar-refractivity contribution in [2.45, 2.75) is 117 Å². The topological polar surface area (TPSA) is 274 Å². The molecule has 3 heterocycles. The standard InChI is InChI=1S/C18H19BF2O3.C12H24B2O4.C12H7ClF2O.C12H7F2NO3.C12H9F2NO.C6H4F2O.C6H4FNO2.CH2O3.2ClH.2Cs.Cu.H/c1-17(2)18(3,4)24-19(23-17)12-5-8-14(9-6-12)22-16-10-7-13(20)11-15(16)21;1-9(2)10(3,4)16-13(15-9)14-17-11(5,6)12(7,8)18-14;13-8-1-4-10(5-2-8)16-12-6-3-9(14)7-11(12)15;13-8-1-6-12(11(14)7-8)18-10-4-2-9(3-5-10)15(16)17;13-8-1-6-12(11(14)7-8)16-10-4-2-9(15)3-5-10;7-4-1-2-6(9)5(8)3-4;7-5-1-3-6(4-2-5)8(9)10;2-1-4-3;;;;;;/h5-11H,1-4H3;1-8H3;1-7H;1-7H;1-7H,15H2;1-3,9H;1-4H;1,3H;2*1H;;;;/q;;;;;;;;;;2*+1;+2;-1/p-3. The van der Waals surface area contributed by atoms with E-state index in [-0.39, 0.29) is 208 Å². The Morgan fingerprint density at radius 1 is 0.400 bits per heavy atom. The first-order valence-electron chi connectivity index (χ1n) is 34.3. The average molecular weight is 2030 g/mol. The summed E-state index contributed by atoms with van der Waals surface area (Å²) < 4.78 is 197. The summed E-state index contributed by atoms with van der Waals surface area (Å²) in [5.41, 5.74) is 4.47. The minimum Gasteiger partial charge on any atom is -1.00 e. The summed E-state index contributed by atoms with van der Waals surface area (Å²) in [7, 11) is 7.92. The molecule has 10 aromatic carbocycles. The van der Waals surface area contributed by atoms with Crippen LogP contribution in [-0.2, 0) is 50.7 Å². The van der Waals surface area contributed by atoms with Crippen LogP contribution in [0.2, 0.25) is 5.02 Å². The molecule has 635 valence electrons. The first-order valence-corrected chi connectivity index (χ1v) is 37.2. The number of aromatic hydroxyl groups is 1. The molecule has 13 rings (SSSR count). The van der Waals surface area contributed by atoms with E-state index in [9.17, 15) is 68.5 Å². The molecule has 0 aromatic heterocycles. The Bertz CT molecular complexity index is 4770. The zero-order chi connectivity index (χ0) is 88.3. The second kappa shape index (κ2) is 50.2. The molecular formula is C79H76B3Cl3Cs2CuF11N3O18. The number of rotatable bonds is 13.